The van der Waals surface area contributed by atoms with E-state index in [0.29, 0.717) is 49.4 Å². The fourth-order valence-corrected chi connectivity index (χ4v) is 16.7. The Labute approximate surface area is 619 Å². The van der Waals surface area contributed by atoms with Crippen LogP contribution in [0.3, 0.4) is 0 Å². The molecule has 3 aliphatic heterocycles. The SMILES string of the molecule is CC1CCC(C(=O)N(c2cc(C#CC(C)(C)C)sc2C(=O)O)C(C)CC(=O)N2CCCC2)CC1.CC1CCC(C(=O)N(c2cc(C#CC(C)(C)C)sc2C(=O)O)[C@@H](C)CC(=O)N2CCCC2)CC1.CC1CCC(C(=O)N(c2cc(C#CC(C)(C)C)sc2C(=O)O)[C@H](C)CC(=O)N2CCCC2)CC1. The number of nitrogens with zero attached hydrogens (tertiary/aromatic N) is 6. The van der Waals surface area contributed by atoms with Crippen molar-refractivity contribution in [3.8, 4) is 35.5 Å². The van der Waals surface area contributed by atoms with Crippen LogP contribution in [-0.4, -0.2) is 141 Å². The lowest BCUT2D eigenvalue weighted by Gasteiger charge is -2.35. The van der Waals surface area contributed by atoms with Crippen LogP contribution in [0.4, 0.5) is 17.1 Å². The van der Waals surface area contributed by atoms with Crippen molar-refractivity contribution in [1.82, 2.24) is 14.7 Å². The molecule has 102 heavy (non-hydrogen) atoms. The number of anilines is 3. The highest BCUT2D eigenvalue weighted by atomic mass is 32.1. The van der Waals surface area contributed by atoms with Crippen molar-refractivity contribution in [3.05, 3.63) is 47.5 Å². The van der Waals surface area contributed by atoms with Gasteiger partial charge in [-0.05, 0) is 235 Å². The van der Waals surface area contributed by atoms with E-state index in [9.17, 15) is 58.5 Å². The standard InChI is InChI=1S/3C27H38N2O4S/c3*1-18-8-10-20(11-9-18)25(31)29(19(2)16-23(30)28-14-6-7-15-28)22-17-21(12-13-27(3,4)5)34-24(22)26(32)33/h3*17-20H,6-11,14-16H2,1-5H3,(H,32,33)/t2*18?,19-,20?;/m10./s1. The Hall–Kier alpha value is -6.99. The third-order valence-electron chi connectivity index (χ3n) is 20.1. The van der Waals surface area contributed by atoms with Crippen LogP contribution in [0.2, 0.25) is 0 Å². The molecule has 1 unspecified atom stereocenters. The Balaban J connectivity index is 0.000000214. The minimum Gasteiger partial charge on any atom is -0.477 e. The molecule has 0 bridgehead atoms. The maximum atomic E-state index is 13.8. The Morgan fingerprint density at radius 1 is 0.392 bits per heavy atom. The van der Waals surface area contributed by atoms with Gasteiger partial charge < -0.3 is 44.7 Å². The smallest absolute Gasteiger partial charge is 0.348 e. The van der Waals surface area contributed by atoms with Gasteiger partial charge in [0.15, 0.2) is 0 Å². The number of thiophene rings is 3. The molecule has 3 atom stereocenters. The van der Waals surface area contributed by atoms with Crippen LogP contribution < -0.4 is 14.7 Å². The van der Waals surface area contributed by atoms with Crippen LogP contribution in [-0.2, 0) is 28.8 Å². The zero-order chi connectivity index (χ0) is 75.1. The van der Waals surface area contributed by atoms with Crippen molar-refractivity contribution in [2.45, 2.75) is 257 Å². The summed E-state index contributed by atoms with van der Waals surface area (Å²) in [6.45, 7) is 34.7. The molecule has 3 aromatic rings. The lowest BCUT2D eigenvalue weighted by atomic mass is 9.82. The number of carboxylic acid groups (broad SMARTS) is 3. The summed E-state index contributed by atoms with van der Waals surface area (Å²) in [5.74, 6) is 16.8. The maximum Gasteiger partial charge on any atom is 0.348 e. The molecule has 0 aromatic carbocycles. The number of aromatic carboxylic acids is 3. The molecule has 3 N–H and O–H groups in total. The van der Waals surface area contributed by atoms with Gasteiger partial charge in [0.1, 0.15) is 14.6 Å². The first-order valence-corrected chi connectivity index (χ1v) is 39.9. The molecule has 0 radical (unpaired) electrons. The zero-order valence-corrected chi connectivity index (χ0v) is 65.9. The molecule has 21 heteroatoms. The fraction of sp³-hybridized carbons (Fsp3) is 0.667. The molecule has 3 aliphatic carbocycles. The Morgan fingerprint density at radius 3 is 0.784 bits per heavy atom. The van der Waals surface area contributed by atoms with Crippen LogP contribution in [0.25, 0.3) is 0 Å². The molecule has 3 saturated carbocycles. The number of hydrogen-bond donors (Lipinski definition) is 3. The van der Waals surface area contributed by atoms with Crippen molar-refractivity contribution >= 4 is 104 Å². The van der Waals surface area contributed by atoms with Gasteiger partial charge in [-0.3, -0.25) is 28.8 Å². The number of carboxylic acids is 3. The Bertz CT molecular complexity index is 3280. The average molecular weight is 1460 g/mol. The van der Waals surface area contributed by atoms with Crippen molar-refractivity contribution < 1.29 is 58.5 Å². The summed E-state index contributed by atoms with van der Waals surface area (Å²) in [6.07, 6.45) is 17.3. The Kier molecular flexibility index (Phi) is 29.6. The maximum absolute atomic E-state index is 13.8. The van der Waals surface area contributed by atoms with E-state index in [-0.39, 0.29) is 103 Å². The number of carbonyl (C=O) groups excluding carboxylic acids is 6. The molecule has 6 fully saturated rings. The van der Waals surface area contributed by atoms with Crippen molar-refractivity contribution in [2.75, 3.05) is 54.0 Å². The minimum atomic E-state index is -1.07. The van der Waals surface area contributed by atoms with Crippen LogP contribution in [0.1, 0.15) is 282 Å². The predicted octanol–water partition coefficient (Wildman–Crippen LogP) is 16.2. The van der Waals surface area contributed by atoms with E-state index in [1.807, 2.05) is 97.8 Å². The van der Waals surface area contributed by atoms with E-state index in [0.717, 1.165) is 189 Å². The molecule has 9 rings (SSSR count). The topological polar surface area (TPSA) is 234 Å². The summed E-state index contributed by atoms with van der Waals surface area (Å²) in [5.41, 5.74) is 0.453. The summed E-state index contributed by atoms with van der Waals surface area (Å²) < 4.78 is 0. The first-order chi connectivity index (χ1) is 47.9. The highest BCUT2D eigenvalue weighted by Crippen LogP contribution is 2.41. The van der Waals surface area contributed by atoms with E-state index in [2.05, 4.69) is 56.3 Å². The van der Waals surface area contributed by atoms with Gasteiger partial charge in [-0.15, -0.1) is 34.0 Å². The van der Waals surface area contributed by atoms with Gasteiger partial charge in [-0.1, -0.05) is 56.3 Å². The van der Waals surface area contributed by atoms with Crippen LogP contribution in [0.15, 0.2) is 18.2 Å². The average Bonchev–Trinajstić information content (AvgIpc) is 1.53. The van der Waals surface area contributed by atoms with Crippen molar-refractivity contribution in [1.29, 1.82) is 0 Å². The number of hydrogen-bond acceptors (Lipinski definition) is 12. The minimum absolute atomic E-state index is 0.0277. The normalized spacial score (nSPS) is 21.5. The second-order valence-electron chi connectivity index (χ2n) is 32.8. The first-order valence-electron chi connectivity index (χ1n) is 37.4. The van der Waals surface area contributed by atoms with Crippen molar-refractivity contribution in [2.24, 2.45) is 51.8 Å². The fourth-order valence-electron chi connectivity index (χ4n) is 14.2. The lowest BCUT2D eigenvalue weighted by molar-refractivity contribution is -0.132. The van der Waals surface area contributed by atoms with E-state index in [1.165, 1.54) is 0 Å². The molecule has 6 amide bonds. The van der Waals surface area contributed by atoms with Gasteiger partial charge in [0.05, 0.1) is 31.7 Å². The first kappa shape index (κ1) is 82.3. The van der Waals surface area contributed by atoms with Gasteiger partial charge in [0.2, 0.25) is 35.4 Å². The molecule has 558 valence electrons. The van der Waals surface area contributed by atoms with Crippen molar-refractivity contribution in [3.63, 3.8) is 0 Å². The monoisotopic (exact) mass is 1460 g/mol. The quantitative estimate of drug-likeness (QED) is 0.101. The zero-order valence-electron chi connectivity index (χ0n) is 63.4. The predicted molar refractivity (Wildman–Crippen MR) is 408 cm³/mol. The van der Waals surface area contributed by atoms with Crippen LogP contribution in [0, 0.1) is 87.3 Å². The molecule has 6 aliphatic rings. The molecule has 6 heterocycles. The number of likely N-dealkylation sites (tertiary alicyclic amines) is 3. The summed E-state index contributed by atoms with van der Waals surface area (Å²) in [6, 6.07) is 3.89. The highest BCUT2D eigenvalue weighted by molar-refractivity contribution is 7.15. The number of rotatable bonds is 18. The van der Waals surface area contributed by atoms with E-state index in [1.54, 1.807) is 32.9 Å². The molecule has 18 nitrogen and oxygen atoms in total. The second kappa shape index (κ2) is 36.6. The van der Waals surface area contributed by atoms with Gasteiger partial charge >= 0.3 is 17.9 Å². The largest absolute Gasteiger partial charge is 0.477 e. The molecular weight excluding hydrogens is 1350 g/mol. The van der Waals surface area contributed by atoms with Gasteiger partial charge in [0.25, 0.3) is 0 Å². The number of carbonyl (C=O) groups is 9. The van der Waals surface area contributed by atoms with E-state index >= 15 is 0 Å². The molecular formula is C81H114N6O12S3. The van der Waals surface area contributed by atoms with Crippen LogP contribution >= 0.6 is 34.0 Å². The Morgan fingerprint density at radius 2 is 0.598 bits per heavy atom. The highest BCUT2D eigenvalue weighted by Gasteiger charge is 2.40. The molecule has 0 spiro atoms. The summed E-state index contributed by atoms with van der Waals surface area (Å²) in [7, 11) is 0. The third-order valence-corrected chi connectivity index (χ3v) is 23.2. The lowest BCUT2D eigenvalue weighted by Crippen LogP contribution is -2.46. The van der Waals surface area contributed by atoms with E-state index < -0.39 is 36.0 Å². The summed E-state index contributed by atoms with van der Waals surface area (Å²) in [5, 5.41) is 29.9. The number of amides is 6. The second-order valence-corrected chi connectivity index (χ2v) is 36.0. The van der Waals surface area contributed by atoms with Gasteiger partial charge in [0, 0.05) is 111 Å². The van der Waals surface area contributed by atoms with E-state index in [4.69, 9.17) is 0 Å². The van der Waals surface area contributed by atoms with Gasteiger partial charge in [-0.25, -0.2) is 14.4 Å². The third kappa shape index (κ3) is 23.8. The van der Waals surface area contributed by atoms with Gasteiger partial charge in [-0.2, -0.15) is 0 Å². The molecule has 3 aromatic heterocycles. The summed E-state index contributed by atoms with van der Waals surface area (Å²) >= 11 is 3.30. The molecule has 3 saturated heterocycles. The van der Waals surface area contributed by atoms with Crippen LogP contribution in [0.5, 0.6) is 0 Å². The summed E-state index contributed by atoms with van der Waals surface area (Å²) in [4.78, 5) is 129.